The Bertz CT molecular complexity index is 715. The van der Waals surface area contributed by atoms with Crippen molar-refractivity contribution in [1.29, 1.82) is 0 Å². The molecule has 0 radical (unpaired) electrons. The third kappa shape index (κ3) is 6.10. The summed E-state index contributed by atoms with van der Waals surface area (Å²) in [5, 5.41) is 2.97. The minimum Gasteiger partial charge on any atom is -0.481 e. The lowest BCUT2D eigenvalue weighted by molar-refractivity contribution is -0.127. The highest BCUT2D eigenvalue weighted by molar-refractivity contribution is 7.98. The maximum atomic E-state index is 12.3. The second-order valence-corrected chi connectivity index (χ2v) is 7.83. The largest absolute Gasteiger partial charge is 0.481 e. The van der Waals surface area contributed by atoms with Gasteiger partial charge in [0, 0.05) is 18.1 Å². The first kappa shape index (κ1) is 20.4. The average molecular weight is 372 g/mol. The van der Waals surface area contributed by atoms with Crippen LogP contribution in [0.2, 0.25) is 0 Å². The fourth-order valence-corrected chi connectivity index (χ4v) is 3.59. The van der Waals surface area contributed by atoms with E-state index in [1.165, 1.54) is 11.1 Å². The lowest BCUT2D eigenvalue weighted by Crippen LogP contribution is -2.37. The first-order valence-corrected chi connectivity index (χ1v) is 10.3. The van der Waals surface area contributed by atoms with E-state index in [4.69, 9.17) is 4.74 Å². The Labute approximate surface area is 161 Å². The Balaban J connectivity index is 1.73. The van der Waals surface area contributed by atoms with Crippen molar-refractivity contribution in [2.24, 2.45) is 0 Å². The zero-order valence-corrected chi connectivity index (χ0v) is 16.9. The molecule has 0 aliphatic heterocycles. The van der Waals surface area contributed by atoms with Gasteiger partial charge in [0.1, 0.15) is 5.75 Å². The second kappa shape index (κ2) is 10.3. The lowest BCUT2D eigenvalue weighted by atomic mass is 10.0. The zero-order chi connectivity index (χ0) is 18.9. The van der Waals surface area contributed by atoms with Crippen molar-refractivity contribution >= 4 is 17.7 Å². The maximum Gasteiger partial charge on any atom is 0.260 e. The van der Waals surface area contributed by atoms with Crippen molar-refractivity contribution in [3.05, 3.63) is 65.2 Å². The fraction of sp³-hybridized carbons (Fsp3) is 0.409. The van der Waals surface area contributed by atoms with Crippen molar-refractivity contribution in [3.8, 4) is 5.75 Å². The third-order valence-electron chi connectivity index (χ3n) is 4.28. The van der Waals surface area contributed by atoms with Gasteiger partial charge in [0.2, 0.25) is 0 Å². The van der Waals surface area contributed by atoms with E-state index in [9.17, 15) is 4.79 Å². The number of carbonyl (C=O) groups excluding carboxylic acids is 1. The molecule has 1 amide bonds. The molecule has 0 aromatic heterocycles. The molecule has 0 heterocycles. The van der Waals surface area contributed by atoms with E-state index in [-0.39, 0.29) is 5.91 Å². The fourth-order valence-electron chi connectivity index (χ4n) is 2.65. The molecule has 0 unspecified atom stereocenters. The van der Waals surface area contributed by atoms with Gasteiger partial charge >= 0.3 is 0 Å². The quantitative estimate of drug-likeness (QED) is 0.635. The lowest BCUT2D eigenvalue weighted by Gasteiger charge is -2.18. The minimum atomic E-state index is -0.503. The molecule has 0 aliphatic rings. The molecule has 0 saturated heterocycles. The number of ether oxygens (including phenoxy) is 1. The monoisotopic (exact) mass is 371 g/mol. The summed E-state index contributed by atoms with van der Waals surface area (Å²) in [6, 6.07) is 16.3. The van der Waals surface area contributed by atoms with Crippen molar-refractivity contribution in [2.75, 3.05) is 12.3 Å². The van der Waals surface area contributed by atoms with Crippen LogP contribution in [0.1, 0.15) is 43.4 Å². The van der Waals surface area contributed by atoms with Gasteiger partial charge < -0.3 is 10.1 Å². The number of thioether (sulfide) groups is 1. The van der Waals surface area contributed by atoms with E-state index in [1.807, 2.05) is 36.0 Å². The van der Waals surface area contributed by atoms with Crippen molar-refractivity contribution in [2.45, 2.75) is 45.5 Å². The van der Waals surface area contributed by atoms with Crippen LogP contribution in [0.15, 0.2) is 48.5 Å². The van der Waals surface area contributed by atoms with E-state index in [0.29, 0.717) is 12.5 Å². The predicted molar refractivity (Wildman–Crippen MR) is 111 cm³/mol. The molecule has 0 saturated carbocycles. The average Bonchev–Trinajstić information content (AvgIpc) is 2.63. The van der Waals surface area contributed by atoms with Crippen LogP contribution in [0.25, 0.3) is 0 Å². The summed E-state index contributed by atoms with van der Waals surface area (Å²) in [7, 11) is 0. The number of carbonyl (C=O) groups is 1. The van der Waals surface area contributed by atoms with Gasteiger partial charge in [-0.05, 0) is 42.5 Å². The molecule has 2 aromatic rings. The van der Waals surface area contributed by atoms with Crippen LogP contribution in [-0.4, -0.2) is 24.3 Å². The number of hydrogen-bond donors (Lipinski definition) is 1. The van der Waals surface area contributed by atoms with E-state index in [2.05, 4.69) is 50.4 Å². The van der Waals surface area contributed by atoms with Crippen LogP contribution in [-0.2, 0) is 10.5 Å². The zero-order valence-electron chi connectivity index (χ0n) is 16.1. The van der Waals surface area contributed by atoms with E-state index >= 15 is 0 Å². The molecule has 2 aromatic carbocycles. The first-order chi connectivity index (χ1) is 12.5. The van der Waals surface area contributed by atoms with Crippen LogP contribution >= 0.6 is 11.8 Å². The molecule has 2 rings (SSSR count). The molecule has 3 nitrogen and oxygen atoms in total. The number of aryl methyl sites for hydroxylation is 1. The van der Waals surface area contributed by atoms with Gasteiger partial charge in [-0.25, -0.2) is 0 Å². The van der Waals surface area contributed by atoms with Crippen molar-refractivity contribution < 1.29 is 9.53 Å². The summed E-state index contributed by atoms with van der Waals surface area (Å²) in [5.74, 6) is 2.93. The molecule has 26 heavy (non-hydrogen) atoms. The molecule has 0 spiro atoms. The van der Waals surface area contributed by atoms with Crippen molar-refractivity contribution in [1.82, 2.24) is 5.32 Å². The summed E-state index contributed by atoms with van der Waals surface area (Å²) >= 11 is 1.83. The minimum absolute atomic E-state index is 0.0694. The Hall–Kier alpha value is -1.94. The number of benzene rings is 2. The highest BCUT2D eigenvalue weighted by atomic mass is 32.2. The van der Waals surface area contributed by atoms with Gasteiger partial charge in [-0.2, -0.15) is 11.8 Å². The van der Waals surface area contributed by atoms with Gasteiger partial charge in [0.05, 0.1) is 0 Å². The highest BCUT2D eigenvalue weighted by Gasteiger charge is 2.16. The van der Waals surface area contributed by atoms with E-state index < -0.39 is 6.10 Å². The molecule has 0 bridgehead atoms. The smallest absolute Gasteiger partial charge is 0.260 e. The maximum absolute atomic E-state index is 12.3. The number of nitrogens with one attached hydrogen (secondary N) is 1. The summed E-state index contributed by atoms with van der Waals surface area (Å²) in [6.45, 7) is 8.82. The molecule has 0 fully saturated rings. The molecule has 0 aliphatic carbocycles. The number of hydrogen-bond acceptors (Lipinski definition) is 3. The second-order valence-electron chi connectivity index (χ2n) is 6.72. The first-order valence-electron chi connectivity index (χ1n) is 9.14. The van der Waals surface area contributed by atoms with Crippen LogP contribution in [0.4, 0.5) is 0 Å². The van der Waals surface area contributed by atoms with Gasteiger partial charge in [0.25, 0.3) is 5.91 Å². The van der Waals surface area contributed by atoms with E-state index in [1.54, 1.807) is 6.92 Å². The Morgan fingerprint density at radius 3 is 2.50 bits per heavy atom. The molecular formula is C22H29NO2S. The van der Waals surface area contributed by atoms with Crippen LogP contribution < -0.4 is 10.1 Å². The molecular weight excluding hydrogens is 342 g/mol. The molecule has 1 N–H and O–H groups in total. The third-order valence-corrected chi connectivity index (χ3v) is 5.29. The normalized spacial score (nSPS) is 12.0. The number of para-hydroxylation sites is 1. The van der Waals surface area contributed by atoms with Gasteiger partial charge in [-0.3, -0.25) is 4.79 Å². The Kier molecular flexibility index (Phi) is 8.05. The standard InChI is InChI=1S/C22H29NO2S/c1-16(2)20-11-7-8-12-21(20)25-18(4)22(24)23-13-14-26-15-19-10-6-5-9-17(19)3/h5-12,16,18H,13-15H2,1-4H3,(H,23,24)/t18-/m1/s1. The summed E-state index contributed by atoms with van der Waals surface area (Å²) in [6.07, 6.45) is -0.503. The van der Waals surface area contributed by atoms with Crippen LogP contribution in [0, 0.1) is 6.92 Å². The summed E-state index contributed by atoms with van der Waals surface area (Å²) in [5.41, 5.74) is 3.79. The molecule has 4 heteroatoms. The van der Waals surface area contributed by atoms with Gasteiger partial charge in [-0.15, -0.1) is 0 Å². The summed E-state index contributed by atoms with van der Waals surface area (Å²) < 4.78 is 5.89. The topological polar surface area (TPSA) is 38.3 Å². The van der Waals surface area contributed by atoms with Crippen LogP contribution in [0.3, 0.4) is 0 Å². The Morgan fingerprint density at radius 1 is 1.08 bits per heavy atom. The van der Waals surface area contributed by atoms with Crippen molar-refractivity contribution in [3.63, 3.8) is 0 Å². The number of rotatable bonds is 9. The SMILES string of the molecule is Cc1ccccc1CSCCNC(=O)[C@@H](C)Oc1ccccc1C(C)C. The summed E-state index contributed by atoms with van der Waals surface area (Å²) in [4.78, 5) is 12.3. The van der Waals surface area contributed by atoms with Gasteiger partial charge in [-0.1, -0.05) is 56.3 Å². The molecule has 140 valence electrons. The number of amides is 1. The highest BCUT2D eigenvalue weighted by Crippen LogP contribution is 2.26. The Morgan fingerprint density at radius 2 is 1.77 bits per heavy atom. The van der Waals surface area contributed by atoms with E-state index in [0.717, 1.165) is 22.8 Å². The van der Waals surface area contributed by atoms with Crippen LogP contribution in [0.5, 0.6) is 5.75 Å². The molecule has 1 atom stereocenters. The van der Waals surface area contributed by atoms with Gasteiger partial charge in [0.15, 0.2) is 6.10 Å². The predicted octanol–water partition coefficient (Wildman–Crippen LogP) is 4.94.